The van der Waals surface area contributed by atoms with Crippen molar-refractivity contribution in [1.82, 2.24) is 4.90 Å². The molecule has 1 amide bonds. The molecule has 0 saturated heterocycles. The average molecular weight is 359 g/mol. The molecule has 0 fully saturated rings. The van der Waals surface area contributed by atoms with Gasteiger partial charge in [0.1, 0.15) is 4.99 Å². The number of hydrogen-bond acceptors (Lipinski definition) is 2. The number of aryl methyl sites for hydroxylation is 1. The third kappa shape index (κ3) is 3.89. The number of amides is 1. The van der Waals surface area contributed by atoms with E-state index in [9.17, 15) is 4.79 Å². The fraction of sp³-hybridized carbons (Fsp3) is 0.130. The number of carbonyl (C=O) groups excluding carboxylic acids is 1. The lowest BCUT2D eigenvalue weighted by molar-refractivity contribution is 0.0813. The van der Waals surface area contributed by atoms with E-state index in [-0.39, 0.29) is 11.9 Å². The molecular formula is C23H21NOS. The average Bonchev–Trinajstić information content (AvgIpc) is 2.69. The molecule has 3 aromatic carbocycles. The van der Waals surface area contributed by atoms with Gasteiger partial charge in [0, 0.05) is 11.1 Å². The predicted octanol–water partition coefficient (Wildman–Crippen LogP) is 5.57. The monoisotopic (exact) mass is 359 g/mol. The molecule has 0 radical (unpaired) electrons. The van der Waals surface area contributed by atoms with Gasteiger partial charge >= 0.3 is 0 Å². The zero-order valence-electron chi connectivity index (χ0n) is 14.9. The van der Waals surface area contributed by atoms with E-state index >= 15 is 0 Å². The van der Waals surface area contributed by atoms with Crippen LogP contribution in [0.15, 0.2) is 84.9 Å². The van der Waals surface area contributed by atoms with E-state index in [1.165, 1.54) is 0 Å². The van der Waals surface area contributed by atoms with Crippen LogP contribution in [0.2, 0.25) is 0 Å². The van der Waals surface area contributed by atoms with E-state index in [2.05, 4.69) is 0 Å². The first-order chi connectivity index (χ1) is 12.6. The minimum absolute atomic E-state index is 0.0903. The molecule has 2 nitrogen and oxygen atoms in total. The Hall–Kier alpha value is -2.78. The number of nitrogens with zero attached hydrogens (tertiary/aromatic N) is 1. The lowest BCUT2D eigenvalue weighted by Crippen LogP contribution is -2.38. The molecule has 1 atom stereocenters. The highest BCUT2D eigenvalue weighted by Crippen LogP contribution is 2.25. The second kappa shape index (κ2) is 8.07. The molecule has 3 rings (SSSR count). The molecule has 130 valence electrons. The summed E-state index contributed by atoms with van der Waals surface area (Å²) in [4.78, 5) is 15.5. The Morgan fingerprint density at radius 1 is 0.808 bits per heavy atom. The van der Waals surface area contributed by atoms with Gasteiger partial charge in [0.15, 0.2) is 0 Å². The molecule has 0 aliphatic heterocycles. The van der Waals surface area contributed by atoms with Gasteiger partial charge in [0.25, 0.3) is 5.91 Å². The molecule has 0 unspecified atom stereocenters. The highest BCUT2D eigenvalue weighted by atomic mass is 32.1. The van der Waals surface area contributed by atoms with Crippen LogP contribution >= 0.6 is 12.2 Å². The molecule has 26 heavy (non-hydrogen) atoms. The van der Waals surface area contributed by atoms with Crippen LogP contribution < -0.4 is 0 Å². The van der Waals surface area contributed by atoms with Gasteiger partial charge in [0.2, 0.25) is 0 Å². The summed E-state index contributed by atoms with van der Waals surface area (Å²) >= 11 is 5.74. The molecule has 0 aliphatic rings. The smallest absolute Gasteiger partial charge is 0.259 e. The third-order valence-corrected chi connectivity index (χ3v) is 4.86. The maximum absolute atomic E-state index is 13.3. The SMILES string of the molecule is Cc1ccc(C(=S)N(C(=O)c2ccccc2)[C@H](C)c2ccccc2)cc1. The molecule has 0 aromatic heterocycles. The van der Waals surface area contributed by atoms with Crippen LogP contribution in [0.3, 0.4) is 0 Å². The van der Waals surface area contributed by atoms with Crippen LogP contribution in [0.1, 0.15) is 40.0 Å². The van der Waals surface area contributed by atoms with E-state index in [0.29, 0.717) is 10.6 Å². The maximum atomic E-state index is 13.3. The van der Waals surface area contributed by atoms with Crippen molar-refractivity contribution in [2.75, 3.05) is 0 Å². The summed E-state index contributed by atoms with van der Waals surface area (Å²) in [6.45, 7) is 4.04. The normalized spacial score (nSPS) is 11.6. The largest absolute Gasteiger partial charge is 0.291 e. The van der Waals surface area contributed by atoms with Crippen molar-refractivity contribution in [3.05, 3.63) is 107 Å². The first-order valence-corrected chi connectivity index (χ1v) is 9.03. The molecular weight excluding hydrogens is 338 g/mol. The van der Waals surface area contributed by atoms with Crippen LogP contribution in [-0.4, -0.2) is 15.8 Å². The Morgan fingerprint density at radius 3 is 1.92 bits per heavy atom. The lowest BCUT2D eigenvalue weighted by atomic mass is 10.0. The van der Waals surface area contributed by atoms with Gasteiger partial charge in [-0.3, -0.25) is 9.69 Å². The minimum atomic E-state index is -0.169. The number of hydrogen-bond donors (Lipinski definition) is 0. The standard InChI is InChI=1S/C23H21NOS/c1-17-13-15-21(16-14-17)23(26)24(18(2)19-9-5-3-6-10-19)22(25)20-11-7-4-8-12-20/h3-16,18H,1-2H3/t18-/m1/s1. The summed E-state index contributed by atoms with van der Waals surface area (Å²) in [5, 5.41) is 0. The highest BCUT2D eigenvalue weighted by molar-refractivity contribution is 7.80. The summed E-state index contributed by atoms with van der Waals surface area (Å²) in [6, 6.07) is 27.1. The van der Waals surface area contributed by atoms with Crippen molar-refractivity contribution < 1.29 is 4.79 Å². The summed E-state index contributed by atoms with van der Waals surface area (Å²) in [6.07, 6.45) is 0. The molecule has 0 N–H and O–H groups in total. The second-order valence-corrected chi connectivity index (χ2v) is 6.69. The van der Waals surface area contributed by atoms with Crippen molar-refractivity contribution in [3.8, 4) is 0 Å². The van der Waals surface area contributed by atoms with Crippen LogP contribution in [0.25, 0.3) is 0 Å². The maximum Gasteiger partial charge on any atom is 0.259 e. The summed E-state index contributed by atoms with van der Waals surface area (Å²) in [7, 11) is 0. The molecule has 0 spiro atoms. The van der Waals surface area contributed by atoms with E-state index in [1.54, 1.807) is 4.90 Å². The fourth-order valence-electron chi connectivity index (χ4n) is 2.88. The molecule has 0 heterocycles. The van der Waals surface area contributed by atoms with E-state index in [1.807, 2.05) is 98.8 Å². The summed E-state index contributed by atoms with van der Waals surface area (Å²) in [5.74, 6) is -0.0903. The van der Waals surface area contributed by atoms with Crippen LogP contribution in [-0.2, 0) is 0 Å². The van der Waals surface area contributed by atoms with Crippen LogP contribution in [0.4, 0.5) is 0 Å². The molecule has 0 bridgehead atoms. The van der Waals surface area contributed by atoms with Gasteiger partial charge < -0.3 is 0 Å². The van der Waals surface area contributed by atoms with E-state index in [4.69, 9.17) is 12.2 Å². The van der Waals surface area contributed by atoms with Crippen molar-refractivity contribution in [2.24, 2.45) is 0 Å². The van der Waals surface area contributed by atoms with Crippen LogP contribution in [0, 0.1) is 6.92 Å². The van der Waals surface area contributed by atoms with E-state index < -0.39 is 0 Å². The van der Waals surface area contributed by atoms with Gasteiger partial charge in [-0.1, -0.05) is 90.6 Å². The van der Waals surface area contributed by atoms with Crippen molar-refractivity contribution in [1.29, 1.82) is 0 Å². The predicted molar refractivity (Wildman–Crippen MR) is 110 cm³/mol. The van der Waals surface area contributed by atoms with Gasteiger partial charge in [-0.05, 0) is 31.5 Å². The fourth-order valence-corrected chi connectivity index (χ4v) is 3.26. The number of rotatable bonds is 4. The van der Waals surface area contributed by atoms with Crippen LogP contribution in [0.5, 0.6) is 0 Å². The topological polar surface area (TPSA) is 20.3 Å². The minimum Gasteiger partial charge on any atom is -0.291 e. The number of carbonyl (C=O) groups is 1. The Balaban J connectivity index is 2.02. The molecule has 3 aromatic rings. The molecule has 0 saturated carbocycles. The second-order valence-electron chi connectivity index (χ2n) is 6.30. The van der Waals surface area contributed by atoms with E-state index in [0.717, 1.165) is 16.7 Å². The zero-order chi connectivity index (χ0) is 18.5. The Labute approximate surface area is 160 Å². The number of thiocarbonyl (C=S) groups is 1. The third-order valence-electron chi connectivity index (χ3n) is 4.43. The van der Waals surface area contributed by atoms with Gasteiger partial charge in [-0.2, -0.15) is 0 Å². The molecule has 3 heteroatoms. The van der Waals surface area contributed by atoms with Gasteiger partial charge in [-0.15, -0.1) is 0 Å². The lowest BCUT2D eigenvalue weighted by Gasteiger charge is -2.30. The van der Waals surface area contributed by atoms with Gasteiger partial charge in [0.05, 0.1) is 6.04 Å². The molecule has 0 aliphatic carbocycles. The summed E-state index contributed by atoms with van der Waals surface area (Å²) < 4.78 is 0. The van der Waals surface area contributed by atoms with Crippen molar-refractivity contribution >= 4 is 23.1 Å². The Kier molecular flexibility index (Phi) is 5.59. The highest BCUT2D eigenvalue weighted by Gasteiger charge is 2.27. The van der Waals surface area contributed by atoms with Gasteiger partial charge in [-0.25, -0.2) is 0 Å². The first kappa shape index (κ1) is 18.0. The number of benzene rings is 3. The first-order valence-electron chi connectivity index (χ1n) is 8.62. The summed E-state index contributed by atoms with van der Waals surface area (Å²) in [5.41, 5.74) is 3.71. The Bertz CT molecular complexity index is 889. The zero-order valence-corrected chi connectivity index (χ0v) is 15.7. The van der Waals surface area contributed by atoms with Crippen molar-refractivity contribution in [2.45, 2.75) is 19.9 Å². The quantitative estimate of drug-likeness (QED) is 0.567. The van der Waals surface area contributed by atoms with Crippen molar-refractivity contribution in [3.63, 3.8) is 0 Å². The Morgan fingerprint density at radius 2 is 1.35 bits per heavy atom.